The summed E-state index contributed by atoms with van der Waals surface area (Å²) in [7, 11) is -5.50. The number of aromatic nitrogens is 3. The minimum absolute atomic E-state index is 0.665. The van der Waals surface area contributed by atoms with Crippen LogP contribution in [0.15, 0.2) is 224 Å². The molecule has 0 spiro atoms. The molecule has 0 atom stereocenters. The summed E-state index contributed by atoms with van der Waals surface area (Å²) in [6.45, 7) is 4.31. The van der Waals surface area contributed by atoms with E-state index in [0.717, 1.165) is 27.8 Å². The molecule has 0 saturated heterocycles. The molecule has 5 heteroatoms. The average Bonchev–Trinajstić information content (AvgIpc) is 3.83. The number of hydrogen-bond acceptors (Lipinski definition) is 3. The summed E-state index contributed by atoms with van der Waals surface area (Å²) < 4.78 is 0. The highest BCUT2D eigenvalue weighted by Gasteiger charge is 2.50. The molecule has 3 nitrogen and oxygen atoms in total. The Hall–Kier alpha value is -7.58. The fourth-order valence-electron chi connectivity index (χ4n) is 11.1. The molecule has 10 aromatic rings. The maximum absolute atomic E-state index is 5.47. The second-order valence-corrected chi connectivity index (χ2v) is 24.6. The Morgan fingerprint density at radius 3 is 0.984 bits per heavy atom. The van der Waals surface area contributed by atoms with Crippen LogP contribution in [0.4, 0.5) is 0 Å². The quantitative estimate of drug-likeness (QED) is 0.152. The summed E-state index contributed by atoms with van der Waals surface area (Å²) in [6, 6.07) is 83.1. The van der Waals surface area contributed by atoms with Gasteiger partial charge in [0.2, 0.25) is 0 Å². The van der Waals surface area contributed by atoms with Crippen LogP contribution in [0.1, 0.15) is 11.1 Å². The van der Waals surface area contributed by atoms with Crippen molar-refractivity contribution in [3.8, 4) is 56.4 Å². The van der Waals surface area contributed by atoms with Crippen molar-refractivity contribution in [2.45, 2.75) is 13.8 Å². The lowest BCUT2D eigenvalue weighted by atomic mass is 10.0. The molecule has 64 heavy (non-hydrogen) atoms. The van der Waals surface area contributed by atoms with E-state index in [9.17, 15) is 0 Å². The van der Waals surface area contributed by atoms with Gasteiger partial charge in [0.15, 0.2) is 33.6 Å². The van der Waals surface area contributed by atoms with Gasteiger partial charge in [-0.25, -0.2) is 15.0 Å². The van der Waals surface area contributed by atoms with Crippen molar-refractivity contribution in [1.29, 1.82) is 0 Å². The first-order chi connectivity index (χ1) is 31.6. The Bertz CT molecular complexity index is 3120. The molecule has 0 fully saturated rings. The molecule has 2 aliphatic rings. The first-order valence-electron chi connectivity index (χ1n) is 22.1. The van der Waals surface area contributed by atoms with E-state index in [1.165, 1.54) is 63.7 Å². The lowest BCUT2D eigenvalue weighted by molar-refractivity contribution is 1.07. The van der Waals surface area contributed by atoms with Crippen LogP contribution in [0.5, 0.6) is 0 Å². The SMILES string of the molecule is Cc1cccc(C)c1-c1nc(-c2cccc([Si]3(c4ccccc4)c4ccccc4-c4ccccc43)c2)nc(-c2cccc([Si]3(c4ccccc4)c4ccccc4-c4ccccc43)c2)n1. The van der Waals surface area contributed by atoms with Gasteiger partial charge in [0.25, 0.3) is 0 Å². The zero-order chi connectivity index (χ0) is 42.8. The van der Waals surface area contributed by atoms with Crippen LogP contribution in [0.2, 0.25) is 0 Å². The summed E-state index contributed by atoms with van der Waals surface area (Å²) in [6.07, 6.45) is 0. The normalized spacial score (nSPS) is 13.7. The third-order valence-corrected chi connectivity index (χ3v) is 23.5. The molecule has 0 saturated carbocycles. The van der Waals surface area contributed by atoms with Crippen molar-refractivity contribution >= 4 is 57.6 Å². The van der Waals surface area contributed by atoms with Gasteiger partial charge in [-0.3, -0.25) is 0 Å². The summed E-state index contributed by atoms with van der Waals surface area (Å²) in [4.78, 5) is 16.3. The summed E-state index contributed by atoms with van der Waals surface area (Å²) in [5.74, 6) is 2.01. The van der Waals surface area contributed by atoms with Gasteiger partial charge in [-0.15, -0.1) is 0 Å². The second kappa shape index (κ2) is 15.1. The second-order valence-electron chi connectivity index (χ2n) is 17.1. The van der Waals surface area contributed by atoms with Gasteiger partial charge >= 0.3 is 0 Å². The zero-order valence-electron chi connectivity index (χ0n) is 35.7. The van der Waals surface area contributed by atoms with Crippen LogP contribution in [-0.2, 0) is 0 Å². The Balaban J connectivity index is 1.09. The van der Waals surface area contributed by atoms with E-state index < -0.39 is 16.1 Å². The maximum atomic E-state index is 5.47. The van der Waals surface area contributed by atoms with E-state index in [2.05, 4.69) is 238 Å². The molecular weight excluding hydrogens is 807 g/mol. The van der Waals surface area contributed by atoms with Gasteiger partial charge in [-0.05, 0) is 88.7 Å². The van der Waals surface area contributed by atoms with Crippen LogP contribution in [-0.4, -0.2) is 31.1 Å². The lowest BCUT2D eigenvalue weighted by Crippen LogP contribution is -2.72. The van der Waals surface area contributed by atoms with Gasteiger partial charge in [0, 0.05) is 16.7 Å². The van der Waals surface area contributed by atoms with Crippen molar-refractivity contribution in [3.05, 3.63) is 236 Å². The van der Waals surface area contributed by atoms with E-state index in [0.29, 0.717) is 17.5 Å². The van der Waals surface area contributed by atoms with E-state index in [-0.39, 0.29) is 0 Å². The minimum Gasteiger partial charge on any atom is -0.208 e. The Labute approximate surface area is 376 Å². The predicted molar refractivity (Wildman–Crippen MR) is 271 cm³/mol. The molecule has 302 valence electrons. The lowest BCUT2D eigenvalue weighted by Gasteiger charge is -2.31. The van der Waals surface area contributed by atoms with Crippen LogP contribution in [0.3, 0.4) is 0 Å². The Morgan fingerprint density at radius 1 is 0.281 bits per heavy atom. The topological polar surface area (TPSA) is 38.7 Å². The fourth-order valence-corrected chi connectivity index (χ4v) is 21.5. The molecule has 3 heterocycles. The molecule has 0 unspecified atom stereocenters. The third kappa shape index (κ3) is 5.61. The molecule has 1 aromatic heterocycles. The highest BCUT2D eigenvalue weighted by atomic mass is 28.3. The molecule has 0 N–H and O–H groups in total. The van der Waals surface area contributed by atoms with Crippen LogP contribution >= 0.6 is 0 Å². The monoisotopic (exact) mass is 849 g/mol. The highest BCUT2D eigenvalue weighted by Crippen LogP contribution is 2.33. The van der Waals surface area contributed by atoms with Gasteiger partial charge in [0.05, 0.1) is 0 Å². The maximum Gasteiger partial charge on any atom is 0.180 e. The number of nitrogens with zero attached hydrogens (tertiary/aromatic N) is 3. The number of fused-ring (bicyclic) bond motifs is 6. The van der Waals surface area contributed by atoms with E-state index >= 15 is 0 Å². The fraction of sp³-hybridized carbons (Fsp3) is 0.0339. The van der Waals surface area contributed by atoms with Gasteiger partial charge in [-0.2, -0.15) is 0 Å². The predicted octanol–water partition coefficient (Wildman–Crippen LogP) is 8.21. The molecule has 0 amide bonds. The molecule has 0 bridgehead atoms. The van der Waals surface area contributed by atoms with E-state index in [1.807, 2.05) is 0 Å². The van der Waals surface area contributed by atoms with Crippen molar-refractivity contribution in [3.63, 3.8) is 0 Å². The minimum atomic E-state index is -2.75. The van der Waals surface area contributed by atoms with Gasteiger partial charge < -0.3 is 0 Å². The molecule has 0 radical (unpaired) electrons. The smallest absolute Gasteiger partial charge is 0.180 e. The Morgan fingerprint density at radius 2 is 0.594 bits per heavy atom. The zero-order valence-corrected chi connectivity index (χ0v) is 37.7. The van der Waals surface area contributed by atoms with Crippen molar-refractivity contribution in [2.24, 2.45) is 0 Å². The largest absolute Gasteiger partial charge is 0.208 e. The first kappa shape index (κ1) is 38.1. The summed E-state index contributed by atoms with van der Waals surface area (Å²) in [5, 5.41) is 11.0. The molecule has 9 aromatic carbocycles. The number of aryl methyl sites for hydroxylation is 2. The van der Waals surface area contributed by atoms with Gasteiger partial charge in [-0.1, -0.05) is 224 Å². The van der Waals surface area contributed by atoms with E-state index in [4.69, 9.17) is 15.0 Å². The van der Waals surface area contributed by atoms with Crippen molar-refractivity contribution in [2.75, 3.05) is 0 Å². The molecule has 0 aliphatic carbocycles. The molecule has 2 aliphatic heterocycles. The van der Waals surface area contributed by atoms with Crippen molar-refractivity contribution in [1.82, 2.24) is 15.0 Å². The first-order valence-corrected chi connectivity index (χ1v) is 26.1. The van der Waals surface area contributed by atoms with Crippen LogP contribution in [0.25, 0.3) is 56.4 Å². The summed E-state index contributed by atoms with van der Waals surface area (Å²) in [5.41, 5.74) is 10.6. The summed E-state index contributed by atoms with van der Waals surface area (Å²) >= 11 is 0. The van der Waals surface area contributed by atoms with Crippen LogP contribution < -0.4 is 41.5 Å². The molecular formula is C59H43N3Si2. The number of rotatable bonds is 7. The third-order valence-electron chi connectivity index (χ3n) is 13.8. The van der Waals surface area contributed by atoms with Gasteiger partial charge in [0.1, 0.15) is 0 Å². The number of hydrogen-bond donors (Lipinski definition) is 0. The van der Waals surface area contributed by atoms with Crippen molar-refractivity contribution < 1.29 is 0 Å². The molecule has 12 rings (SSSR count). The Kier molecular flexibility index (Phi) is 8.97. The van der Waals surface area contributed by atoms with Crippen LogP contribution in [0, 0.1) is 13.8 Å². The average molecular weight is 850 g/mol. The van der Waals surface area contributed by atoms with E-state index in [1.54, 1.807) is 0 Å². The highest BCUT2D eigenvalue weighted by molar-refractivity contribution is 7.23. The number of benzene rings is 9. The standard InChI is InChI=1S/C59H43N3Si2/c1-40-20-17-21-41(2)56(40)59-61-57(42-22-18-28-46(38-42)63(44-24-5-3-6-25-44)52-34-13-9-30-48(52)49-31-10-14-35-53(49)63)60-58(62-59)43-23-19-29-47(39-43)64(45-26-7-4-8-27-45)54-36-15-11-32-50(54)51-33-12-16-37-55(51)64/h3-39H,1-2H3.